The Morgan fingerprint density at radius 3 is 2.74 bits per heavy atom. The van der Waals surface area contributed by atoms with E-state index in [1.54, 1.807) is 9.21 Å². The SMILES string of the molecule is CNCC1CCCN1S(=O)(=O)c1c[nH]c(C(=O)N2CCCC2)c1. The minimum absolute atomic E-state index is 0.0161. The first kappa shape index (κ1) is 16.5. The van der Waals surface area contributed by atoms with E-state index in [2.05, 4.69) is 10.3 Å². The molecule has 1 atom stereocenters. The van der Waals surface area contributed by atoms with Crippen molar-refractivity contribution in [3.05, 3.63) is 18.0 Å². The summed E-state index contributed by atoms with van der Waals surface area (Å²) >= 11 is 0. The number of aromatic nitrogens is 1. The smallest absolute Gasteiger partial charge is 0.270 e. The summed E-state index contributed by atoms with van der Waals surface area (Å²) in [6, 6.07) is 1.46. The molecule has 23 heavy (non-hydrogen) atoms. The van der Waals surface area contributed by atoms with Gasteiger partial charge in [0.05, 0.1) is 0 Å². The third-order valence-electron chi connectivity index (χ3n) is 4.65. The highest BCUT2D eigenvalue weighted by atomic mass is 32.2. The summed E-state index contributed by atoms with van der Waals surface area (Å²) in [4.78, 5) is 17.1. The van der Waals surface area contributed by atoms with Gasteiger partial charge in [-0.25, -0.2) is 8.42 Å². The van der Waals surface area contributed by atoms with Crippen LogP contribution in [0.1, 0.15) is 36.2 Å². The maximum Gasteiger partial charge on any atom is 0.270 e. The molecule has 0 saturated carbocycles. The Kier molecular flexibility index (Phi) is 4.74. The first-order chi connectivity index (χ1) is 11.0. The number of likely N-dealkylation sites (N-methyl/N-ethyl adjacent to an activating group) is 1. The van der Waals surface area contributed by atoms with Gasteiger partial charge >= 0.3 is 0 Å². The number of carbonyl (C=O) groups excluding carboxylic acids is 1. The maximum absolute atomic E-state index is 12.8. The van der Waals surface area contributed by atoms with Crippen LogP contribution >= 0.6 is 0 Å². The normalized spacial score (nSPS) is 22.8. The predicted octanol–water partition coefficient (Wildman–Crippen LogP) is 0.623. The summed E-state index contributed by atoms with van der Waals surface area (Å²) in [5.74, 6) is -0.114. The lowest BCUT2D eigenvalue weighted by molar-refractivity contribution is 0.0787. The molecule has 1 aromatic heterocycles. The number of nitrogens with one attached hydrogen (secondary N) is 2. The van der Waals surface area contributed by atoms with Crippen molar-refractivity contribution < 1.29 is 13.2 Å². The summed E-state index contributed by atoms with van der Waals surface area (Å²) in [6.07, 6.45) is 5.20. The van der Waals surface area contributed by atoms with Gasteiger partial charge in [-0.1, -0.05) is 0 Å². The zero-order valence-electron chi connectivity index (χ0n) is 13.4. The molecule has 0 aliphatic carbocycles. The Balaban J connectivity index is 1.79. The molecule has 2 saturated heterocycles. The number of aromatic amines is 1. The Labute approximate surface area is 137 Å². The zero-order chi connectivity index (χ0) is 16.4. The highest BCUT2D eigenvalue weighted by Crippen LogP contribution is 2.26. The van der Waals surface area contributed by atoms with E-state index in [-0.39, 0.29) is 16.8 Å². The number of sulfonamides is 1. The highest BCUT2D eigenvalue weighted by molar-refractivity contribution is 7.89. The van der Waals surface area contributed by atoms with E-state index in [4.69, 9.17) is 0 Å². The standard InChI is InChI=1S/C15H24N4O3S/c1-16-10-12-5-4-8-19(12)23(21,22)13-9-14(17-11-13)15(20)18-6-2-3-7-18/h9,11-12,16-17H,2-8,10H2,1H3. The van der Waals surface area contributed by atoms with Crippen molar-refractivity contribution in [3.8, 4) is 0 Å². The second kappa shape index (κ2) is 6.62. The van der Waals surface area contributed by atoms with Gasteiger partial charge in [0, 0.05) is 38.4 Å². The molecule has 0 bridgehead atoms. The molecule has 2 fully saturated rings. The topological polar surface area (TPSA) is 85.5 Å². The number of H-pyrrole nitrogens is 1. The van der Waals surface area contributed by atoms with Crippen molar-refractivity contribution in [1.29, 1.82) is 0 Å². The summed E-state index contributed by atoms with van der Waals surface area (Å²) in [5, 5.41) is 3.05. The quantitative estimate of drug-likeness (QED) is 0.823. The lowest BCUT2D eigenvalue weighted by Gasteiger charge is -2.23. The van der Waals surface area contributed by atoms with Gasteiger partial charge in [0.25, 0.3) is 5.91 Å². The lowest BCUT2D eigenvalue weighted by Crippen LogP contribution is -2.40. The average molecular weight is 340 g/mol. The lowest BCUT2D eigenvalue weighted by atomic mass is 10.2. The van der Waals surface area contributed by atoms with Crippen LogP contribution in [0.4, 0.5) is 0 Å². The molecule has 3 rings (SSSR count). The Morgan fingerprint density at radius 1 is 1.30 bits per heavy atom. The maximum atomic E-state index is 12.8. The number of rotatable bonds is 5. The van der Waals surface area contributed by atoms with Crippen molar-refractivity contribution in [3.63, 3.8) is 0 Å². The van der Waals surface area contributed by atoms with Gasteiger partial charge in [-0.15, -0.1) is 0 Å². The van der Waals surface area contributed by atoms with Crippen LogP contribution in [-0.4, -0.2) is 67.8 Å². The number of likely N-dealkylation sites (tertiary alicyclic amines) is 1. The van der Waals surface area contributed by atoms with E-state index in [9.17, 15) is 13.2 Å². The molecular weight excluding hydrogens is 316 g/mol. The molecular formula is C15H24N4O3S. The van der Waals surface area contributed by atoms with Crippen LogP contribution in [0.3, 0.4) is 0 Å². The van der Waals surface area contributed by atoms with Crippen LogP contribution in [0.2, 0.25) is 0 Å². The number of hydrogen-bond donors (Lipinski definition) is 2. The molecule has 7 nitrogen and oxygen atoms in total. The van der Waals surface area contributed by atoms with E-state index in [0.29, 0.717) is 18.8 Å². The van der Waals surface area contributed by atoms with E-state index >= 15 is 0 Å². The molecule has 0 radical (unpaired) electrons. The fraction of sp³-hybridized carbons (Fsp3) is 0.667. The van der Waals surface area contributed by atoms with Crippen molar-refractivity contribution in [2.24, 2.45) is 0 Å². The largest absolute Gasteiger partial charge is 0.356 e. The summed E-state index contributed by atoms with van der Waals surface area (Å²) in [6.45, 7) is 2.67. The minimum Gasteiger partial charge on any atom is -0.356 e. The van der Waals surface area contributed by atoms with Crippen molar-refractivity contribution >= 4 is 15.9 Å². The fourth-order valence-corrected chi connectivity index (χ4v) is 5.13. The molecule has 1 amide bonds. The van der Waals surface area contributed by atoms with Gasteiger partial charge in [0.2, 0.25) is 10.0 Å². The van der Waals surface area contributed by atoms with Crippen LogP contribution in [-0.2, 0) is 10.0 Å². The van der Waals surface area contributed by atoms with Gasteiger partial charge in [-0.2, -0.15) is 4.31 Å². The van der Waals surface area contributed by atoms with Gasteiger partial charge in [-0.3, -0.25) is 4.79 Å². The fourth-order valence-electron chi connectivity index (χ4n) is 3.44. The first-order valence-corrected chi connectivity index (χ1v) is 9.62. The molecule has 3 heterocycles. The van der Waals surface area contributed by atoms with Crippen molar-refractivity contribution in [2.75, 3.05) is 33.2 Å². The Morgan fingerprint density at radius 2 is 2.04 bits per heavy atom. The molecule has 2 aliphatic rings. The van der Waals surface area contributed by atoms with Crippen molar-refractivity contribution in [2.45, 2.75) is 36.6 Å². The zero-order valence-corrected chi connectivity index (χ0v) is 14.2. The molecule has 0 aromatic carbocycles. The minimum atomic E-state index is -3.55. The van der Waals surface area contributed by atoms with E-state index in [1.807, 2.05) is 7.05 Å². The molecule has 128 valence electrons. The van der Waals surface area contributed by atoms with Crippen LogP contribution < -0.4 is 5.32 Å². The molecule has 8 heteroatoms. The number of hydrogen-bond acceptors (Lipinski definition) is 4. The molecule has 1 aromatic rings. The summed E-state index contributed by atoms with van der Waals surface area (Å²) < 4.78 is 27.2. The summed E-state index contributed by atoms with van der Waals surface area (Å²) in [7, 11) is -1.73. The average Bonchev–Trinajstić information content (AvgIpc) is 3.27. The van der Waals surface area contributed by atoms with Gasteiger partial charge < -0.3 is 15.2 Å². The van der Waals surface area contributed by atoms with E-state index in [0.717, 1.165) is 38.8 Å². The van der Waals surface area contributed by atoms with E-state index in [1.165, 1.54) is 12.3 Å². The molecule has 2 aliphatic heterocycles. The monoisotopic (exact) mass is 340 g/mol. The van der Waals surface area contributed by atoms with E-state index < -0.39 is 10.0 Å². The third-order valence-corrected chi connectivity index (χ3v) is 6.58. The highest BCUT2D eigenvalue weighted by Gasteiger charge is 2.35. The first-order valence-electron chi connectivity index (χ1n) is 8.18. The predicted molar refractivity (Wildman–Crippen MR) is 86.8 cm³/mol. The van der Waals surface area contributed by atoms with Crippen LogP contribution in [0.5, 0.6) is 0 Å². The third kappa shape index (κ3) is 3.15. The molecule has 0 spiro atoms. The number of carbonyl (C=O) groups is 1. The Bertz CT molecular complexity index is 664. The number of amides is 1. The van der Waals surface area contributed by atoms with Crippen LogP contribution in [0.15, 0.2) is 17.2 Å². The van der Waals surface area contributed by atoms with Gasteiger partial charge in [0.15, 0.2) is 0 Å². The summed E-state index contributed by atoms with van der Waals surface area (Å²) in [5.41, 5.74) is 0.356. The van der Waals surface area contributed by atoms with Gasteiger partial charge in [-0.05, 0) is 38.8 Å². The number of nitrogens with zero attached hydrogens (tertiary/aromatic N) is 2. The van der Waals surface area contributed by atoms with Crippen molar-refractivity contribution in [1.82, 2.24) is 19.5 Å². The van der Waals surface area contributed by atoms with Gasteiger partial charge in [0.1, 0.15) is 10.6 Å². The second-order valence-electron chi connectivity index (χ2n) is 6.22. The van der Waals surface area contributed by atoms with Crippen LogP contribution in [0.25, 0.3) is 0 Å². The Hall–Kier alpha value is -1.38. The molecule has 2 N–H and O–H groups in total. The second-order valence-corrected chi connectivity index (χ2v) is 8.11. The molecule has 1 unspecified atom stereocenters. The van der Waals surface area contributed by atoms with Crippen LogP contribution in [0, 0.1) is 0 Å².